The van der Waals surface area contributed by atoms with Gasteiger partial charge in [0.2, 0.25) is 10.0 Å². The van der Waals surface area contributed by atoms with Gasteiger partial charge in [-0.1, -0.05) is 15.9 Å². The minimum Gasteiger partial charge on any atom is -0.251 e. The number of benzene rings is 1. The van der Waals surface area contributed by atoms with Gasteiger partial charge in [0.15, 0.2) is 0 Å². The number of rotatable bonds is 5. The first kappa shape index (κ1) is 15.6. The predicted molar refractivity (Wildman–Crippen MR) is 81.6 cm³/mol. The molecule has 1 N–H and O–H groups in total. The van der Waals surface area contributed by atoms with Gasteiger partial charge in [0, 0.05) is 15.0 Å². The third kappa shape index (κ3) is 3.87. The van der Waals surface area contributed by atoms with Crippen LogP contribution in [0.2, 0.25) is 0 Å². The number of sulfonamides is 1. The molecule has 0 bridgehead atoms. The summed E-state index contributed by atoms with van der Waals surface area (Å²) in [4.78, 5) is 4.01. The topological polar surface area (TPSA) is 76.9 Å². The van der Waals surface area contributed by atoms with Crippen LogP contribution < -0.4 is 4.72 Å². The fraction of sp³-hybridized carbons (Fsp3) is 0.273. The first-order valence-corrected chi connectivity index (χ1v) is 8.75. The lowest BCUT2D eigenvalue weighted by Crippen LogP contribution is -2.36. The van der Waals surface area contributed by atoms with Crippen molar-refractivity contribution in [3.8, 4) is 0 Å². The first-order chi connectivity index (χ1) is 9.38. The molecular formula is C11H12Br2N4O2S. The molecule has 1 heterocycles. The molecular weight excluding hydrogens is 412 g/mol. The van der Waals surface area contributed by atoms with Gasteiger partial charge in [0.1, 0.15) is 12.7 Å². The summed E-state index contributed by atoms with van der Waals surface area (Å²) in [6.45, 7) is 2.18. The van der Waals surface area contributed by atoms with Crippen molar-refractivity contribution in [2.45, 2.75) is 24.4 Å². The van der Waals surface area contributed by atoms with Crippen molar-refractivity contribution in [3.63, 3.8) is 0 Å². The van der Waals surface area contributed by atoms with E-state index >= 15 is 0 Å². The molecule has 0 aliphatic carbocycles. The fourth-order valence-electron chi connectivity index (χ4n) is 1.66. The van der Waals surface area contributed by atoms with Gasteiger partial charge in [-0.3, -0.25) is 4.68 Å². The normalized spacial score (nSPS) is 13.3. The summed E-state index contributed by atoms with van der Waals surface area (Å²) in [5.41, 5.74) is 0. The number of nitrogens with one attached hydrogen (secondary N) is 1. The Hall–Kier alpha value is -0.770. The molecule has 0 saturated heterocycles. The highest BCUT2D eigenvalue weighted by Gasteiger charge is 2.20. The highest BCUT2D eigenvalue weighted by molar-refractivity contribution is 9.11. The molecule has 6 nitrogen and oxygen atoms in total. The lowest BCUT2D eigenvalue weighted by Gasteiger charge is -2.15. The first-order valence-electron chi connectivity index (χ1n) is 5.68. The highest BCUT2D eigenvalue weighted by atomic mass is 79.9. The van der Waals surface area contributed by atoms with Crippen LogP contribution in [0.5, 0.6) is 0 Å². The molecule has 20 heavy (non-hydrogen) atoms. The average molecular weight is 424 g/mol. The van der Waals surface area contributed by atoms with Crippen LogP contribution in [0.25, 0.3) is 0 Å². The van der Waals surface area contributed by atoms with Gasteiger partial charge in [0.25, 0.3) is 0 Å². The molecule has 0 radical (unpaired) electrons. The van der Waals surface area contributed by atoms with Crippen molar-refractivity contribution in [1.82, 2.24) is 19.5 Å². The molecule has 2 rings (SSSR count). The molecule has 1 aromatic heterocycles. The van der Waals surface area contributed by atoms with Crippen molar-refractivity contribution in [3.05, 3.63) is 39.8 Å². The van der Waals surface area contributed by atoms with Gasteiger partial charge in [-0.15, -0.1) is 0 Å². The molecule has 0 aliphatic rings. The Bertz CT molecular complexity index is 688. The zero-order valence-corrected chi connectivity index (χ0v) is 14.5. The van der Waals surface area contributed by atoms with E-state index in [1.807, 2.05) is 0 Å². The zero-order chi connectivity index (χ0) is 14.8. The summed E-state index contributed by atoms with van der Waals surface area (Å²) in [5.74, 6) is 0. The summed E-state index contributed by atoms with van der Waals surface area (Å²) in [7, 11) is -3.60. The van der Waals surface area contributed by atoms with Crippen LogP contribution in [-0.2, 0) is 16.6 Å². The number of nitrogens with zero attached hydrogens (tertiary/aromatic N) is 3. The van der Waals surface area contributed by atoms with Crippen LogP contribution in [0.4, 0.5) is 0 Å². The highest BCUT2D eigenvalue weighted by Crippen LogP contribution is 2.25. The second-order valence-corrected chi connectivity index (χ2v) is 7.67. The molecule has 0 saturated carbocycles. The third-order valence-corrected chi connectivity index (χ3v) is 5.54. The fourth-order valence-corrected chi connectivity index (χ4v) is 4.39. The Morgan fingerprint density at radius 3 is 2.80 bits per heavy atom. The number of hydrogen-bond donors (Lipinski definition) is 1. The summed E-state index contributed by atoms with van der Waals surface area (Å²) in [5, 5.41) is 3.94. The number of halogens is 2. The van der Waals surface area contributed by atoms with Gasteiger partial charge in [-0.05, 0) is 41.1 Å². The summed E-state index contributed by atoms with van der Waals surface area (Å²) in [6.07, 6.45) is 2.95. The van der Waals surface area contributed by atoms with Crippen LogP contribution in [0.3, 0.4) is 0 Å². The van der Waals surface area contributed by atoms with Gasteiger partial charge in [-0.25, -0.2) is 18.1 Å². The van der Waals surface area contributed by atoms with Crippen LogP contribution >= 0.6 is 31.9 Å². The summed E-state index contributed by atoms with van der Waals surface area (Å²) < 4.78 is 30.1. The molecule has 0 aliphatic heterocycles. The van der Waals surface area contributed by atoms with E-state index in [1.54, 1.807) is 36.1 Å². The average Bonchev–Trinajstić information content (AvgIpc) is 2.84. The van der Waals surface area contributed by atoms with E-state index in [1.165, 1.54) is 6.33 Å². The molecule has 1 atom stereocenters. The second kappa shape index (κ2) is 6.33. The minimum atomic E-state index is -3.60. The largest absolute Gasteiger partial charge is 0.251 e. The van der Waals surface area contributed by atoms with Crippen molar-refractivity contribution in [2.24, 2.45) is 0 Å². The number of aromatic nitrogens is 3. The Morgan fingerprint density at radius 2 is 2.15 bits per heavy atom. The van der Waals surface area contributed by atoms with Crippen molar-refractivity contribution < 1.29 is 8.42 Å². The zero-order valence-electron chi connectivity index (χ0n) is 10.5. The Balaban J connectivity index is 2.16. The van der Waals surface area contributed by atoms with Crippen LogP contribution in [-0.4, -0.2) is 29.2 Å². The lowest BCUT2D eigenvalue weighted by atomic mass is 10.4. The minimum absolute atomic E-state index is 0.192. The van der Waals surface area contributed by atoms with E-state index in [0.29, 0.717) is 15.5 Å². The summed E-state index contributed by atoms with van der Waals surface area (Å²) in [6, 6.07) is 4.68. The standard InChI is InChI=1S/C11H12Br2N4O2S/c1-8(5-17-7-14-6-15-17)16-20(18,19)11-4-9(12)2-3-10(11)13/h2-4,6-8,16H,5H2,1H3. The van der Waals surface area contributed by atoms with Gasteiger partial charge in [-0.2, -0.15) is 5.10 Å². The maximum atomic E-state index is 12.3. The summed E-state index contributed by atoms with van der Waals surface area (Å²) >= 11 is 6.52. The van der Waals surface area contributed by atoms with Gasteiger partial charge >= 0.3 is 0 Å². The second-order valence-electron chi connectivity index (χ2n) is 4.21. The Kier molecular flexibility index (Phi) is 4.95. The van der Waals surface area contributed by atoms with E-state index in [2.05, 4.69) is 46.7 Å². The van der Waals surface area contributed by atoms with Crippen molar-refractivity contribution >= 4 is 41.9 Å². The molecule has 0 amide bonds. The quantitative estimate of drug-likeness (QED) is 0.799. The van der Waals surface area contributed by atoms with Crippen molar-refractivity contribution in [1.29, 1.82) is 0 Å². The maximum Gasteiger partial charge on any atom is 0.242 e. The smallest absolute Gasteiger partial charge is 0.242 e. The van der Waals surface area contributed by atoms with Crippen LogP contribution in [0, 0.1) is 0 Å². The molecule has 0 spiro atoms. The number of hydrogen-bond acceptors (Lipinski definition) is 4. The molecule has 2 aromatic rings. The Morgan fingerprint density at radius 1 is 1.40 bits per heavy atom. The predicted octanol–water partition coefficient (Wildman–Crippen LogP) is 2.17. The maximum absolute atomic E-state index is 12.3. The van der Waals surface area contributed by atoms with Crippen molar-refractivity contribution in [2.75, 3.05) is 0 Å². The Labute approximate surface area is 133 Å². The van der Waals surface area contributed by atoms with E-state index in [9.17, 15) is 8.42 Å². The van der Waals surface area contributed by atoms with E-state index < -0.39 is 10.0 Å². The molecule has 108 valence electrons. The van der Waals surface area contributed by atoms with E-state index in [0.717, 1.165) is 0 Å². The molecule has 9 heteroatoms. The molecule has 1 unspecified atom stereocenters. The third-order valence-electron chi connectivity index (χ3n) is 2.47. The molecule has 1 aromatic carbocycles. The molecule has 0 fully saturated rings. The van der Waals surface area contributed by atoms with Crippen LogP contribution in [0.1, 0.15) is 6.92 Å². The van der Waals surface area contributed by atoms with E-state index in [-0.39, 0.29) is 10.9 Å². The van der Waals surface area contributed by atoms with E-state index in [4.69, 9.17) is 0 Å². The van der Waals surface area contributed by atoms with Crippen LogP contribution in [0.15, 0.2) is 44.7 Å². The van der Waals surface area contributed by atoms with Gasteiger partial charge < -0.3 is 0 Å². The lowest BCUT2D eigenvalue weighted by molar-refractivity contribution is 0.493. The SMILES string of the molecule is CC(Cn1cncn1)NS(=O)(=O)c1cc(Br)ccc1Br. The monoisotopic (exact) mass is 422 g/mol. The van der Waals surface area contributed by atoms with Gasteiger partial charge in [0.05, 0.1) is 11.4 Å².